The van der Waals surface area contributed by atoms with E-state index in [-0.39, 0.29) is 12.5 Å². The molecular formula is C13H24N2O2. The minimum atomic E-state index is 0.170. The van der Waals surface area contributed by atoms with Crippen LogP contribution in [0.2, 0.25) is 0 Å². The van der Waals surface area contributed by atoms with E-state index in [1.807, 2.05) is 11.8 Å². The molecule has 2 fully saturated rings. The highest BCUT2D eigenvalue weighted by Crippen LogP contribution is 2.26. The van der Waals surface area contributed by atoms with E-state index in [9.17, 15) is 4.79 Å². The quantitative estimate of drug-likeness (QED) is 0.753. The first-order valence-corrected chi connectivity index (χ1v) is 6.89. The Balaban J connectivity index is 1.61. The van der Waals surface area contributed by atoms with Crippen LogP contribution in [0.3, 0.4) is 0 Å². The third-order valence-corrected chi connectivity index (χ3v) is 3.69. The molecule has 1 heterocycles. The summed E-state index contributed by atoms with van der Waals surface area (Å²) >= 11 is 0. The van der Waals surface area contributed by atoms with Crippen molar-refractivity contribution in [2.24, 2.45) is 5.92 Å². The Bertz CT molecular complexity index is 248. The van der Waals surface area contributed by atoms with E-state index in [0.717, 1.165) is 26.2 Å². The van der Waals surface area contributed by atoms with Gasteiger partial charge >= 0.3 is 0 Å². The molecule has 0 aromatic carbocycles. The molecule has 0 spiro atoms. The zero-order valence-corrected chi connectivity index (χ0v) is 10.8. The molecule has 1 aliphatic carbocycles. The summed E-state index contributed by atoms with van der Waals surface area (Å²) in [6.07, 6.45) is 4.70. The van der Waals surface area contributed by atoms with Gasteiger partial charge in [-0.2, -0.15) is 0 Å². The minimum absolute atomic E-state index is 0.170. The van der Waals surface area contributed by atoms with Crippen molar-refractivity contribution in [3.05, 3.63) is 0 Å². The summed E-state index contributed by atoms with van der Waals surface area (Å²) in [5.74, 6) is 0.809. The van der Waals surface area contributed by atoms with Gasteiger partial charge in [0.15, 0.2) is 0 Å². The van der Waals surface area contributed by atoms with E-state index in [0.29, 0.717) is 12.0 Å². The molecule has 0 atom stereocenters. The fourth-order valence-corrected chi connectivity index (χ4v) is 2.47. The third-order valence-electron chi connectivity index (χ3n) is 3.69. The van der Waals surface area contributed by atoms with Gasteiger partial charge in [0.2, 0.25) is 5.91 Å². The van der Waals surface area contributed by atoms with Crippen LogP contribution in [0.15, 0.2) is 0 Å². The summed E-state index contributed by atoms with van der Waals surface area (Å²) in [4.78, 5) is 13.8. The molecule has 17 heavy (non-hydrogen) atoms. The van der Waals surface area contributed by atoms with Crippen molar-refractivity contribution < 1.29 is 9.53 Å². The van der Waals surface area contributed by atoms with E-state index < -0.39 is 0 Å². The SMILES string of the molecule is CCN(C(=O)COCC1CCNCC1)C1CC1. The predicted octanol–water partition coefficient (Wildman–Crippen LogP) is 1.01. The zero-order valence-electron chi connectivity index (χ0n) is 10.8. The number of nitrogens with zero attached hydrogens (tertiary/aromatic N) is 1. The molecule has 0 radical (unpaired) electrons. The van der Waals surface area contributed by atoms with Crippen LogP contribution in [-0.2, 0) is 9.53 Å². The highest BCUT2D eigenvalue weighted by atomic mass is 16.5. The second kappa shape index (κ2) is 6.36. The second-order valence-corrected chi connectivity index (χ2v) is 5.12. The molecule has 4 nitrogen and oxygen atoms in total. The number of amides is 1. The summed E-state index contributed by atoms with van der Waals surface area (Å²) in [5.41, 5.74) is 0. The first-order chi connectivity index (χ1) is 8.31. The van der Waals surface area contributed by atoms with Crippen LogP contribution < -0.4 is 5.32 Å². The van der Waals surface area contributed by atoms with Crippen molar-refractivity contribution in [1.29, 1.82) is 0 Å². The lowest BCUT2D eigenvalue weighted by atomic mass is 9.99. The lowest BCUT2D eigenvalue weighted by molar-refractivity contribution is -0.137. The molecule has 2 aliphatic rings. The van der Waals surface area contributed by atoms with Crippen LogP contribution in [0.4, 0.5) is 0 Å². The molecule has 0 bridgehead atoms. The number of likely N-dealkylation sites (N-methyl/N-ethyl adjacent to an activating group) is 1. The van der Waals surface area contributed by atoms with Crippen LogP contribution in [0.5, 0.6) is 0 Å². The van der Waals surface area contributed by atoms with E-state index in [4.69, 9.17) is 4.74 Å². The van der Waals surface area contributed by atoms with E-state index in [2.05, 4.69) is 5.32 Å². The van der Waals surface area contributed by atoms with Gasteiger partial charge in [-0.05, 0) is 51.6 Å². The van der Waals surface area contributed by atoms with Crippen molar-refractivity contribution in [3.8, 4) is 0 Å². The summed E-state index contributed by atoms with van der Waals surface area (Å²) in [7, 11) is 0. The zero-order chi connectivity index (χ0) is 12.1. The van der Waals surface area contributed by atoms with Gasteiger partial charge in [-0.1, -0.05) is 0 Å². The van der Waals surface area contributed by atoms with E-state index in [1.54, 1.807) is 0 Å². The number of nitrogens with one attached hydrogen (secondary N) is 1. The maximum atomic E-state index is 11.9. The summed E-state index contributed by atoms with van der Waals surface area (Å²) in [5, 5.41) is 3.33. The maximum Gasteiger partial charge on any atom is 0.248 e. The van der Waals surface area contributed by atoms with Gasteiger partial charge in [0.1, 0.15) is 6.61 Å². The van der Waals surface area contributed by atoms with Crippen molar-refractivity contribution in [3.63, 3.8) is 0 Å². The fraction of sp³-hybridized carbons (Fsp3) is 0.923. The largest absolute Gasteiger partial charge is 0.371 e. The normalized spacial score (nSPS) is 21.5. The number of carbonyl (C=O) groups is 1. The topological polar surface area (TPSA) is 41.6 Å². The summed E-state index contributed by atoms with van der Waals surface area (Å²) < 4.78 is 5.58. The number of hydrogen-bond donors (Lipinski definition) is 1. The van der Waals surface area contributed by atoms with Crippen molar-refractivity contribution >= 4 is 5.91 Å². The van der Waals surface area contributed by atoms with Gasteiger partial charge in [0.05, 0.1) is 6.61 Å². The molecular weight excluding hydrogens is 216 g/mol. The smallest absolute Gasteiger partial charge is 0.248 e. The average molecular weight is 240 g/mol. The highest BCUT2D eigenvalue weighted by molar-refractivity contribution is 5.78. The van der Waals surface area contributed by atoms with E-state index in [1.165, 1.54) is 25.7 Å². The van der Waals surface area contributed by atoms with E-state index >= 15 is 0 Å². The van der Waals surface area contributed by atoms with Gasteiger partial charge < -0.3 is 15.0 Å². The molecule has 0 unspecified atom stereocenters. The molecule has 0 aromatic heterocycles. The Labute approximate surface area is 104 Å². The number of hydrogen-bond acceptors (Lipinski definition) is 3. The molecule has 0 aromatic rings. The first kappa shape index (κ1) is 12.8. The Morgan fingerprint density at radius 1 is 1.29 bits per heavy atom. The first-order valence-electron chi connectivity index (χ1n) is 6.89. The Hall–Kier alpha value is -0.610. The predicted molar refractivity (Wildman–Crippen MR) is 66.8 cm³/mol. The van der Waals surface area contributed by atoms with Crippen LogP contribution in [0.1, 0.15) is 32.6 Å². The minimum Gasteiger partial charge on any atom is -0.371 e. The number of ether oxygens (including phenoxy) is 1. The lowest BCUT2D eigenvalue weighted by Crippen LogP contribution is -2.36. The molecule has 1 aliphatic heterocycles. The number of piperidine rings is 1. The van der Waals surface area contributed by atoms with Crippen molar-refractivity contribution in [2.45, 2.75) is 38.6 Å². The van der Waals surface area contributed by atoms with Gasteiger partial charge in [-0.25, -0.2) is 0 Å². The molecule has 1 saturated carbocycles. The molecule has 1 amide bonds. The van der Waals surface area contributed by atoms with Crippen LogP contribution in [0.25, 0.3) is 0 Å². The van der Waals surface area contributed by atoms with Gasteiger partial charge in [-0.15, -0.1) is 0 Å². The highest BCUT2D eigenvalue weighted by Gasteiger charge is 2.31. The second-order valence-electron chi connectivity index (χ2n) is 5.12. The molecule has 2 rings (SSSR count). The Kier molecular flexibility index (Phi) is 4.80. The molecule has 98 valence electrons. The Morgan fingerprint density at radius 2 is 2.00 bits per heavy atom. The monoisotopic (exact) mass is 240 g/mol. The lowest BCUT2D eigenvalue weighted by Gasteiger charge is -2.24. The van der Waals surface area contributed by atoms with Crippen molar-refractivity contribution in [1.82, 2.24) is 10.2 Å². The van der Waals surface area contributed by atoms with Crippen LogP contribution in [0, 0.1) is 5.92 Å². The third kappa shape index (κ3) is 3.96. The summed E-state index contributed by atoms with van der Waals surface area (Å²) in [6.45, 7) is 6.06. The number of rotatable bonds is 6. The average Bonchev–Trinajstić information content (AvgIpc) is 3.16. The van der Waals surface area contributed by atoms with Crippen molar-refractivity contribution in [2.75, 3.05) is 32.8 Å². The van der Waals surface area contributed by atoms with Crippen LogP contribution in [-0.4, -0.2) is 49.7 Å². The van der Waals surface area contributed by atoms with Gasteiger partial charge in [0.25, 0.3) is 0 Å². The maximum absolute atomic E-state index is 11.9. The van der Waals surface area contributed by atoms with Gasteiger partial charge in [-0.3, -0.25) is 4.79 Å². The standard InChI is InChI=1S/C13H24N2O2/c1-2-15(12-3-4-12)13(16)10-17-9-11-5-7-14-8-6-11/h11-12,14H,2-10H2,1H3. The van der Waals surface area contributed by atoms with Crippen LogP contribution >= 0.6 is 0 Å². The Morgan fingerprint density at radius 3 is 2.59 bits per heavy atom. The molecule has 1 N–H and O–H groups in total. The molecule has 4 heteroatoms. The number of carbonyl (C=O) groups excluding carboxylic acids is 1. The molecule has 1 saturated heterocycles. The van der Waals surface area contributed by atoms with Gasteiger partial charge in [0, 0.05) is 12.6 Å². The summed E-state index contributed by atoms with van der Waals surface area (Å²) in [6, 6.07) is 0.509. The fourth-order valence-electron chi connectivity index (χ4n) is 2.47.